The Kier molecular flexibility index (Phi) is 3.34. The van der Waals surface area contributed by atoms with Crippen molar-refractivity contribution in [3.8, 4) is 5.75 Å². The number of pyridine rings is 2. The van der Waals surface area contributed by atoms with Crippen LogP contribution >= 0.6 is 11.6 Å². The van der Waals surface area contributed by atoms with Crippen LogP contribution < -0.4 is 15.4 Å². The average Bonchev–Trinajstić information content (AvgIpc) is 2.95. The van der Waals surface area contributed by atoms with Crippen LogP contribution in [0.3, 0.4) is 0 Å². The molecule has 0 saturated carbocycles. The lowest BCUT2D eigenvalue weighted by Gasteiger charge is -2.15. The van der Waals surface area contributed by atoms with E-state index in [9.17, 15) is 4.79 Å². The van der Waals surface area contributed by atoms with E-state index in [4.69, 9.17) is 20.5 Å². The van der Waals surface area contributed by atoms with E-state index >= 15 is 0 Å². The highest BCUT2D eigenvalue weighted by molar-refractivity contribution is 6.29. The summed E-state index contributed by atoms with van der Waals surface area (Å²) < 4.78 is 28.8. The fraction of sp³-hybridized carbons (Fsp3) is 0.188. The Labute approximate surface area is 147 Å². The second kappa shape index (κ2) is 6.37. The van der Waals surface area contributed by atoms with Gasteiger partial charge in [-0.2, -0.15) is 5.10 Å². The van der Waals surface area contributed by atoms with Crippen LogP contribution in [-0.2, 0) is 0 Å². The number of amides is 1. The van der Waals surface area contributed by atoms with Crippen molar-refractivity contribution < 1.29 is 13.6 Å². The topological polar surface area (TPSA) is 80.6 Å². The third-order valence-corrected chi connectivity index (χ3v) is 3.73. The van der Waals surface area contributed by atoms with E-state index < -0.39 is 12.9 Å². The molecule has 0 saturated heterocycles. The van der Waals surface area contributed by atoms with Crippen molar-refractivity contribution in [2.75, 3.05) is 19.4 Å². The largest absolute Gasteiger partial charge is 0.492 e. The first-order valence-electron chi connectivity index (χ1n) is 8.45. The molecule has 2 N–H and O–H groups in total. The van der Waals surface area contributed by atoms with Gasteiger partial charge in [0.15, 0.2) is 5.75 Å². The lowest BCUT2D eigenvalue weighted by Crippen LogP contribution is -2.19. The highest BCUT2D eigenvalue weighted by Crippen LogP contribution is 2.34. The van der Waals surface area contributed by atoms with Gasteiger partial charge in [-0.05, 0) is 24.6 Å². The monoisotopic (exact) mass is 348 g/mol. The zero-order chi connectivity index (χ0) is 19.8. The minimum absolute atomic E-state index is 0.0303. The van der Waals surface area contributed by atoms with E-state index in [0.29, 0.717) is 11.4 Å². The number of rotatable bonds is 4. The second-order valence-electron chi connectivity index (χ2n) is 5.02. The van der Waals surface area contributed by atoms with Gasteiger partial charge in [0, 0.05) is 23.5 Å². The molecule has 0 radical (unpaired) electrons. The summed E-state index contributed by atoms with van der Waals surface area (Å²) in [6.07, 6.45) is 4.65. The van der Waals surface area contributed by atoms with Crippen LogP contribution in [0, 0.1) is 6.92 Å². The summed E-state index contributed by atoms with van der Waals surface area (Å²) in [5.74, 6) is -0.287. The van der Waals surface area contributed by atoms with E-state index in [-0.39, 0.29) is 16.4 Å². The summed E-state index contributed by atoms with van der Waals surface area (Å²) >= 11 is 5.96. The van der Waals surface area contributed by atoms with E-state index in [1.54, 1.807) is 23.0 Å². The first-order chi connectivity index (χ1) is 12.7. The Morgan fingerprint density at radius 2 is 2.25 bits per heavy atom. The Balaban J connectivity index is 2.05. The molecular formula is C16H16ClN5O2. The van der Waals surface area contributed by atoms with Crippen LogP contribution in [0.1, 0.15) is 20.0 Å². The number of nitrogens with one attached hydrogen (secondary N) is 2. The van der Waals surface area contributed by atoms with Crippen LogP contribution in [0.25, 0.3) is 5.52 Å². The third-order valence-electron chi connectivity index (χ3n) is 3.52. The zero-order valence-electron chi connectivity index (χ0n) is 15.9. The predicted molar refractivity (Wildman–Crippen MR) is 92.4 cm³/mol. The first kappa shape index (κ1) is 12.6. The van der Waals surface area contributed by atoms with Gasteiger partial charge in [-0.3, -0.25) is 4.79 Å². The number of anilines is 2. The van der Waals surface area contributed by atoms with Gasteiger partial charge < -0.3 is 15.4 Å². The number of carbonyl (C=O) groups excluding carboxylic acids is 1. The number of methoxy groups -OCH3 is 1. The molecule has 7 nitrogen and oxygen atoms in total. The van der Waals surface area contributed by atoms with Crippen molar-refractivity contribution in [3.63, 3.8) is 0 Å². The summed E-state index contributed by atoms with van der Waals surface area (Å²) in [4.78, 5) is 16.2. The number of carbonyl (C=O) groups is 1. The smallest absolute Gasteiger partial charge is 0.254 e. The molecule has 0 aliphatic rings. The number of halogens is 1. The maximum Gasteiger partial charge on any atom is 0.254 e. The van der Waals surface area contributed by atoms with Crippen molar-refractivity contribution in [2.45, 2.75) is 6.92 Å². The molecule has 3 rings (SSSR count). The lowest BCUT2D eigenvalue weighted by atomic mass is 10.2. The summed E-state index contributed by atoms with van der Waals surface area (Å²) in [5, 5.41) is 9.38. The van der Waals surface area contributed by atoms with Crippen molar-refractivity contribution >= 4 is 34.4 Å². The molecule has 0 atom stereocenters. The highest BCUT2D eigenvalue weighted by atomic mass is 35.5. The molecule has 1 amide bonds. The third kappa shape index (κ3) is 2.74. The van der Waals surface area contributed by atoms with Crippen LogP contribution in [0.2, 0.25) is 5.15 Å². The molecule has 0 aliphatic heterocycles. The molecule has 8 heteroatoms. The van der Waals surface area contributed by atoms with Gasteiger partial charge in [0.1, 0.15) is 10.7 Å². The highest BCUT2D eigenvalue weighted by Gasteiger charge is 2.16. The maximum absolute atomic E-state index is 12.3. The zero-order valence-corrected chi connectivity index (χ0v) is 13.7. The van der Waals surface area contributed by atoms with Gasteiger partial charge in [0.2, 0.25) is 0 Å². The van der Waals surface area contributed by atoms with Gasteiger partial charge in [-0.25, -0.2) is 9.50 Å². The molecule has 0 unspecified atom stereocenters. The molecule has 3 aromatic rings. The minimum atomic E-state index is -2.63. The molecular weight excluding hydrogens is 330 g/mol. The molecule has 0 bridgehead atoms. The maximum atomic E-state index is 12.3. The van der Waals surface area contributed by atoms with Crippen molar-refractivity contribution in [1.29, 1.82) is 0 Å². The fourth-order valence-corrected chi connectivity index (χ4v) is 2.58. The Morgan fingerprint density at radius 3 is 3.00 bits per heavy atom. The molecule has 0 fully saturated rings. The Bertz CT molecular complexity index is 1020. The predicted octanol–water partition coefficient (Wildman–Crippen LogP) is 2.80. The van der Waals surface area contributed by atoms with Crippen molar-refractivity contribution in [1.82, 2.24) is 19.9 Å². The molecule has 0 aliphatic carbocycles. The Hall–Kier alpha value is -2.80. The van der Waals surface area contributed by atoms with Crippen molar-refractivity contribution in [2.24, 2.45) is 0 Å². The standard InChI is InChI=1S/C16H16ClN5O2/c1-9-7-20-22-5-4-11(15(24-3)14(9)22)21-12-6-13(17)19-8-10(12)16(23)18-2/h4-8H,1-3H3,(H,18,23)(H,19,21)/i2D3. The number of ether oxygens (including phenoxy) is 1. The van der Waals surface area contributed by atoms with Gasteiger partial charge in [0.25, 0.3) is 5.91 Å². The summed E-state index contributed by atoms with van der Waals surface area (Å²) in [6.45, 7) is -0.730. The van der Waals surface area contributed by atoms with Crippen molar-refractivity contribution in [3.05, 3.63) is 47.0 Å². The molecule has 0 aromatic carbocycles. The van der Waals surface area contributed by atoms with Gasteiger partial charge in [-0.1, -0.05) is 11.6 Å². The minimum Gasteiger partial charge on any atom is -0.492 e. The van der Waals surface area contributed by atoms with Gasteiger partial charge in [-0.15, -0.1) is 0 Å². The first-order valence-corrected chi connectivity index (χ1v) is 7.33. The van der Waals surface area contributed by atoms with Crippen LogP contribution in [0.15, 0.2) is 30.7 Å². The summed E-state index contributed by atoms with van der Waals surface area (Å²) in [7, 11) is 1.52. The van der Waals surface area contributed by atoms with Crippen LogP contribution in [0.5, 0.6) is 5.75 Å². The van der Waals surface area contributed by atoms with E-state index in [2.05, 4.69) is 15.4 Å². The average molecular weight is 349 g/mol. The van der Waals surface area contributed by atoms with Crippen LogP contribution in [0.4, 0.5) is 11.4 Å². The Morgan fingerprint density at radius 1 is 1.42 bits per heavy atom. The summed E-state index contributed by atoms with van der Waals surface area (Å²) in [6, 6.07) is 3.15. The fourth-order valence-electron chi connectivity index (χ4n) is 2.42. The lowest BCUT2D eigenvalue weighted by molar-refractivity contribution is 0.0963. The second-order valence-corrected chi connectivity index (χ2v) is 5.40. The molecule has 3 heterocycles. The van der Waals surface area contributed by atoms with E-state index in [1.807, 2.05) is 12.2 Å². The summed E-state index contributed by atoms with van der Waals surface area (Å²) in [5.41, 5.74) is 2.54. The quantitative estimate of drug-likeness (QED) is 0.709. The van der Waals surface area contributed by atoms with Crippen LogP contribution in [-0.4, -0.2) is 34.6 Å². The molecule has 24 heavy (non-hydrogen) atoms. The molecule has 124 valence electrons. The molecule has 3 aromatic heterocycles. The number of fused-ring (bicyclic) bond motifs is 1. The molecule has 0 spiro atoms. The SMILES string of the molecule is [2H]C([2H])([2H])NC(=O)c1cnc(Cl)cc1Nc1ccn2ncc(C)c2c1OC. The number of nitrogens with zero attached hydrogens (tertiary/aromatic N) is 3. The van der Waals surface area contributed by atoms with Gasteiger partial charge >= 0.3 is 0 Å². The van der Waals surface area contributed by atoms with E-state index in [1.165, 1.54) is 19.4 Å². The van der Waals surface area contributed by atoms with Gasteiger partial charge in [0.05, 0.1) is 30.2 Å². The number of aromatic nitrogens is 3. The number of aryl methyl sites for hydroxylation is 1. The number of hydrogen-bond acceptors (Lipinski definition) is 5. The normalized spacial score (nSPS) is 13.0. The number of hydrogen-bond donors (Lipinski definition) is 2. The van der Waals surface area contributed by atoms with E-state index in [0.717, 1.165) is 11.1 Å².